The molecule has 3 rings (SSSR count). The van der Waals surface area contributed by atoms with Gasteiger partial charge >= 0.3 is 0 Å². The van der Waals surface area contributed by atoms with Crippen LogP contribution in [0.15, 0.2) is 54.7 Å². The zero-order valence-corrected chi connectivity index (χ0v) is 14.1. The van der Waals surface area contributed by atoms with Gasteiger partial charge in [0, 0.05) is 11.7 Å². The van der Waals surface area contributed by atoms with E-state index >= 15 is 0 Å². The summed E-state index contributed by atoms with van der Waals surface area (Å²) in [7, 11) is 0. The fraction of sp³-hybridized carbons (Fsp3) is 0.118. The van der Waals surface area contributed by atoms with Gasteiger partial charge in [-0.05, 0) is 17.7 Å². The smallest absolute Gasteiger partial charge is 0.253 e. The number of ether oxygens (including phenoxy) is 1. The Labute approximate surface area is 148 Å². The molecule has 2 aromatic carbocycles. The number of benzene rings is 2. The summed E-state index contributed by atoms with van der Waals surface area (Å²) in [5, 5.41) is 0.611. The van der Waals surface area contributed by atoms with Crippen molar-refractivity contribution in [2.45, 2.75) is 10.4 Å². The minimum Gasteiger partial charge on any atom is -0.488 e. The molecule has 0 aliphatic rings. The molecule has 1 heterocycles. The monoisotopic (exact) mass is 367 g/mol. The lowest BCUT2D eigenvalue weighted by Crippen LogP contribution is -2.18. The van der Waals surface area contributed by atoms with E-state index in [-0.39, 0.29) is 0 Å². The first kappa shape index (κ1) is 16.2. The van der Waals surface area contributed by atoms with Crippen LogP contribution in [0.1, 0.15) is 15.9 Å². The van der Waals surface area contributed by atoms with Crippen LogP contribution in [0, 0.1) is 0 Å². The van der Waals surface area contributed by atoms with Crippen molar-refractivity contribution in [3.05, 3.63) is 65.9 Å². The molecule has 118 valence electrons. The van der Waals surface area contributed by atoms with Crippen molar-refractivity contribution < 1.29 is 9.53 Å². The van der Waals surface area contributed by atoms with Gasteiger partial charge in [-0.15, -0.1) is 0 Å². The first-order valence-corrected chi connectivity index (χ1v) is 7.98. The zero-order valence-electron chi connectivity index (χ0n) is 11.9. The molecule has 0 bridgehead atoms. The molecule has 0 radical (unpaired) electrons. The Morgan fingerprint density at radius 1 is 1.04 bits per heavy atom. The number of carbonyl (C=O) groups excluding carboxylic acids is 1. The summed E-state index contributed by atoms with van der Waals surface area (Å²) in [6.45, 7) is 0.381. The molecule has 0 aliphatic heterocycles. The highest BCUT2D eigenvalue weighted by Crippen LogP contribution is 2.36. The van der Waals surface area contributed by atoms with Crippen molar-refractivity contribution in [2.24, 2.45) is 0 Å². The molecular weight excluding hydrogens is 357 g/mol. The lowest BCUT2D eigenvalue weighted by molar-refractivity contribution is 0.0997. The number of halogens is 3. The highest BCUT2D eigenvalue weighted by Gasteiger charge is 2.34. The Morgan fingerprint density at radius 3 is 2.48 bits per heavy atom. The lowest BCUT2D eigenvalue weighted by Gasteiger charge is -2.11. The van der Waals surface area contributed by atoms with Crippen LogP contribution >= 0.6 is 34.8 Å². The fourth-order valence-corrected chi connectivity index (χ4v) is 2.64. The van der Waals surface area contributed by atoms with Gasteiger partial charge in [-0.2, -0.15) is 0 Å². The van der Waals surface area contributed by atoms with Gasteiger partial charge < -0.3 is 9.72 Å². The van der Waals surface area contributed by atoms with Crippen LogP contribution in [0.5, 0.6) is 5.75 Å². The summed E-state index contributed by atoms with van der Waals surface area (Å²) in [5.41, 5.74) is 2.06. The quantitative estimate of drug-likeness (QED) is 0.501. The van der Waals surface area contributed by atoms with E-state index in [9.17, 15) is 4.79 Å². The molecule has 0 spiro atoms. The van der Waals surface area contributed by atoms with Gasteiger partial charge in [0.15, 0.2) is 0 Å². The number of hydrogen-bond donors (Lipinski definition) is 1. The third-order valence-electron chi connectivity index (χ3n) is 3.41. The van der Waals surface area contributed by atoms with Gasteiger partial charge in [-0.1, -0.05) is 71.2 Å². The SMILES string of the molecule is O=C(c1c[nH]c2cccc(OCc3ccccc3)c12)C(Cl)(Cl)Cl. The highest BCUT2D eigenvalue weighted by molar-refractivity contribution is 6.77. The summed E-state index contributed by atoms with van der Waals surface area (Å²) in [6.07, 6.45) is 1.53. The summed E-state index contributed by atoms with van der Waals surface area (Å²) < 4.78 is 3.85. The summed E-state index contributed by atoms with van der Waals surface area (Å²) >= 11 is 17.2. The highest BCUT2D eigenvalue weighted by atomic mass is 35.6. The molecule has 1 N–H and O–H groups in total. The molecule has 0 amide bonds. The second-order valence-electron chi connectivity index (χ2n) is 4.98. The molecule has 0 saturated carbocycles. The van der Waals surface area contributed by atoms with E-state index in [0.717, 1.165) is 11.1 Å². The molecule has 3 aromatic rings. The molecular formula is C17H12Cl3NO2. The number of fused-ring (bicyclic) bond motifs is 1. The number of H-pyrrole nitrogens is 1. The van der Waals surface area contributed by atoms with Gasteiger partial charge in [-0.25, -0.2) is 0 Å². The number of hydrogen-bond acceptors (Lipinski definition) is 2. The first-order valence-electron chi connectivity index (χ1n) is 6.85. The van der Waals surface area contributed by atoms with Crippen LogP contribution in [0.4, 0.5) is 0 Å². The number of aromatic nitrogens is 1. The number of Topliss-reactive ketones (excluding diaryl/α,β-unsaturated/α-hetero) is 1. The molecule has 0 unspecified atom stereocenters. The van der Waals surface area contributed by atoms with Crippen molar-refractivity contribution in [3.8, 4) is 5.75 Å². The normalized spacial score (nSPS) is 11.6. The number of nitrogens with one attached hydrogen (secondary N) is 1. The number of alkyl halides is 3. The Bertz CT molecular complexity index is 838. The van der Waals surface area contributed by atoms with Gasteiger partial charge in [0.1, 0.15) is 12.4 Å². The van der Waals surface area contributed by atoms with Crippen LogP contribution in [0.3, 0.4) is 0 Å². The molecule has 0 aliphatic carbocycles. The molecule has 0 atom stereocenters. The van der Waals surface area contributed by atoms with Crippen molar-refractivity contribution >= 4 is 51.5 Å². The van der Waals surface area contributed by atoms with Gasteiger partial charge in [-0.3, -0.25) is 4.79 Å². The van der Waals surface area contributed by atoms with E-state index in [1.165, 1.54) is 6.20 Å². The van der Waals surface area contributed by atoms with E-state index in [4.69, 9.17) is 39.5 Å². The lowest BCUT2D eigenvalue weighted by atomic mass is 10.1. The van der Waals surface area contributed by atoms with Crippen molar-refractivity contribution in [3.63, 3.8) is 0 Å². The van der Waals surface area contributed by atoms with Crippen LogP contribution < -0.4 is 4.74 Å². The van der Waals surface area contributed by atoms with E-state index in [1.54, 1.807) is 6.07 Å². The maximum absolute atomic E-state index is 12.3. The third kappa shape index (κ3) is 3.47. The second kappa shape index (κ2) is 6.44. The number of aromatic amines is 1. The van der Waals surface area contributed by atoms with E-state index < -0.39 is 9.58 Å². The van der Waals surface area contributed by atoms with Crippen molar-refractivity contribution in [1.29, 1.82) is 0 Å². The molecule has 1 aromatic heterocycles. The van der Waals surface area contributed by atoms with Gasteiger partial charge in [0.25, 0.3) is 3.79 Å². The average Bonchev–Trinajstić information content (AvgIpc) is 2.96. The predicted molar refractivity (Wildman–Crippen MR) is 93.7 cm³/mol. The van der Waals surface area contributed by atoms with Crippen molar-refractivity contribution in [2.75, 3.05) is 0 Å². The number of ketones is 1. The Kier molecular flexibility index (Phi) is 4.53. The zero-order chi connectivity index (χ0) is 16.4. The Morgan fingerprint density at radius 2 is 1.78 bits per heavy atom. The summed E-state index contributed by atoms with van der Waals surface area (Å²) in [4.78, 5) is 15.3. The first-order chi connectivity index (χ1) is 11.0. The topological polar surface area (TPSA) is 42.1 Å². The third-order valence-corrected chi connectivity index (χ3v) is 3.92. The van der Waals surface area contributed by atoms with E-state index in [1.807, 2.05) is 42.5 Å². The van der Waals surface area contributed by atoms with E-state index in [0.29, 0.717) is 23.3 Å². The van der Waals surface area contributed by atoms with Crippen LogP contribution in [0.2, 0.25) is 0 Å². The van der Waals surface area contributed by atoms with Gasteiger partial charge in [0.05, 0.1) is 10.9 Å². The maximum atomic E-state index is 12.3. The molecule has 23 heavy (non-hydrogen) atoms. The van der Waals surface area contributed by atoms with Gasteiger partial charge in [0.2, 0.25) is 5.78 Å². The van der Waals surface area contributed by atoms with E-state index in [2.05, 4.69) is 4.98 Å². The van der Waals surface area contributed by atoms with Crippen LogP contribution in [0.25, 0.3) is 10.9 Å². The Hall–Kier alpha value is -1.68. The number of rotatable bonds is 4. The van der Waals surface area contributed by atoms with Crippen molar-refractivity contribution in [1.82, 2.24) is 4.98 Å². The van der Waals surface area contributed by atoms with Crippen LogP contribution in [-0.4, -0.2) is 14.6 Å². The molecule has 6 heteroatoms. The largest absolute Gasteiger partial charge is 0.488 e. The number of carbonyl (C=O) groups is 1. The fourth-order valence-electron chi connectivity index (χ4n) is 2.34. The Balaban J connectivity index is 1.97. The summed E-state index contributed by atoms with van der Waals surface area (Å²) in [5.74, 6) is -0.0327. The molecule has 0 fully saturated rings. The predicted octanol–water partition coefficient (Wildman–Crippen LogP) is 5.30. The average molecular weight is 369 g/mol. The molecule has 0 saturated heterocycles. The molecule has 3 nitrogen and oxygen atoms in total. The van der Waals surface area contributed by atoms with Crippen LogP contribution in [-0.2, 0) is 6.61 Å². The maximum Gasteiger partial charge on any atom is 0.253 e. The standard InChI is InChI=1S/C17H12Cl3NO2/c18-17(19,20)16(22)12-9-21-13-7-4-8-14(15(12)13)23-10-11-5-2-1-3-6-11/h1-9,21H,10H2. The minimum atomic E-state index is -2.01. The summed E-state index contributed by atoms with van der Waals surface area (Å²) in [6, 6.07) is 15.2. The minimum absolute atomic E-state index is 0.295. The second-order valence-corrected chi connectivity index (χ2v) is 7.26.